The van der Waals surface area contributed by atoms with E-state index in [0.717, 1.165) is 27.3 Å². The molecule has 1 nitrogen and oxygen atoms in total. The van der Waals surface area contributed by atoms with Crippen LogP contribution in [-0.2, 0) is 6.54 Å². The van der Waals surface area contributed by atoms with E-state index < -0.39 is 0 Å². The minimum Gasteiger partial charge on any atom is -0.381 e. The van der Waals surface area contributed by atoms with Crippen LogP contribution in [0, 0.1) is 13.8 Å². The Balaban J connectivity index is 2.09. The molecule has 0 aromatic heterocycles. The van der Waals surface area contributed by atoms with E-state index in [1.807, 2.05) is 18.2 Å². The number of rotatable bonds is 3. The fourth-order valence-corrected chi connectivity index (χ4v) is 2.45. The standard InChI is InChI=1S/C15H15BrClN/c1-10-3-6-14(7-11(10)2)18-9-12-4-5-13(16)8-15(12)17/h3-8,18H,9H2,1-2H3. The van der Waals surface area contributed by atoms with Gasteiger partial charge in [0.25, 0.3) is 0 Å². The van der Waals surface area contributed by atoms with Gasteiger partial charge in [0.05, 0.1) is 0 Å². The molecule has 0 saturated carbocycles. The first kappa shape index (κ1) is 13.4. The van der Waals surface area contributed by atoms with Crippen molar-refractivity contribution in [3.8, 4) is 0 Å². The van der Waals surface area contributed by atoms with Gasteiger partial charge in [0.1, 0.15) is 0 Å². The molecule has 0 spiro atoms. The summed E-state index contributed by atoms with van der Waals surface area (Å²) in [7, 11) is 0. The molecule has 0 amide bonds. The number of aryl methyl sites for hydroxylation is 2. The molecule has 3 heteroatoms. The first-order valence-electron chi connectivity index (χ1n) is 5.81. The highest BCUT2D eigenvalue weighted by Crippen LogP contribution is 2.22. The highest BCUT2D eigenvalue weighted by atomic mass is 79.9. The van der Waals surface area contributed by atoms with E-state index in [-0.39, 0.29) is 0 Å². The summed E-state index contributed by atoms with van der Waals surface area (Å²) >= 11 is 9.59. The van der Waals surface area contributed by atoms with Crippen LogP contribution in [0.15, 0.2) is 40.9 Å². The third kappa shape index (κ3) is 3.27. The third-order valence-electron chi connectivity index (χ3n) is 3.00. The zero-order valence-corrected chi connectivity index (χ0v) is 12.8. The van der Waals surface area contributed by atoms with Gasteiger partial charge in [-0.1, -0.05) is 39.7 Å². The van der Waals surface area contributed by atoms with Gasteiger partial charge in [0, 0.05) is 21.7 Å². The average molecular weight is 325 g/mol. The molecule has 0 radical (unpaired) electrons. The molecule has 94 valence electrons. The maximum absolute atomic E-state index is 6.18. The maximum atomic E-state index is 6.18. The summed E-state index contributed by atoms with van der Waals surface area (Å²) in [6.45, 7) is 4.96. The normalized spacial score (nSPS) is 10.4. The predicted octanol–water partition coefficient (Wildman–Crippen LogP) is 5.33. The quantitative estimate of drug-likeness (QED) is 0.804. The molecule has 18 heavy (non-hydrogen) atoms. The maximum Gasteiger partial charge on any atom is 0.0467 e. The Morgan fingerprint density at radius 2 is 1.83 bits per heavy atom. The predicted molar refractivity (Wildman–Crippen MR) is 82.4 cm³/mol. The fourth-order valence-electron chi connectivity index (χ4n) is 1.71. The zero-order chi connectivity index (χ0) is 13.1. The molecule has 0 fully saturated rings. The van der Waals surface area contributed by atoms with Crippen LogP contribution in [0.5, 0.6) is 0 Å². The van der Waals surface area contributed by atoms with Crippen LogP contribution in [0.1, 0.15) is 16.7 Å². The van der Waals surface area contributed by atoms with Crippen molar-refractivity contribution in [2.75, 3.05) is 5.32 Å². The lowest BCUT2D eigenvalue weighted by molar-refractivity contribution is 1.14. The van der Waals surface area contributed by atoms with Gasteiger partial charge in [-0.05, 0) is 54.8 Å². The zero-order valence-electron chi connectivity index (χ0n) is 10.4. The minimum absolute atomic E-state index is 0.731. The SMILES string of the molecule is Cc1ccc(NCc2ccc(Br)cc2Cl)cc1C. The fraction of sp³-hybridized carbons (Fsp3) is 0.200. The lowest BCUT2D eigenvalue weighted by atomic mass is 10.1. The number of anilines is 1. The molecular weight excluding hydrogens is 310 g/mol. The summed E-state index contributed by atoms with van der Waals surface area (Å²) in [6, 6.07) is 12.3. The summed E-state index contributed by atoms with van der Waals surface area (Å²) in [6.07, 6.45) is 0. The molecule has 0 heterocycles. The van der Waals surface area contributed by atoms with Gasteiger partial charge in [-0.25, -0.2) is 0 Å². The number of benzene rings is 2. The summed E-state index contributed by atoms with van der Waals surface area (Å²) in [4.78, 5) is 0. The van der Waals surface area contributed by atoms with Crippen molar-refractivity contribution in [2.45, 2.75) is 20.4 Å². The van der Waals surface area contributed by atoms with Crippen molar-refractivity contribution in [3.05, 3.63) is 62.6 Å². The molecule has 2 aromatic carbocycles. The van der Waals surface area contributed by atoms with Crippen LogP contribution in [0.25, 0.3) is 0 Å². The second-order valence-corrected chi connectivity index (χ2v) is 5.71. The summed E-state index contributed by atoms with van der Waals surface area (Å²) in [5.41, 5.74) is 4.82. The molecule has 0 aliphatic rings. The smallest absolute Gasteiger partial charge is 0.0467 e. The molecular formula is C15H15BrClN. The third-order valence-corrected chi connectivity index (χ3v) is 3.85. The van der Waals surface area contributed by atoms with Crippen molar-refractivity contribution >= 4 is 33.2 Å². The Morgan fingerprint density at radius 3 is 2.50 bits per heavy atom. The van der Waals surface area contributed by atoms with E-state index >= 15 is 0 Å². The van der Waals surface area contributed by atoms with Crippen LogP contribution < -0.4 is 5.32 Å². The average Bonchev–Trinajstić information content (AvgIpc) is 2.32. The molecule has 0 aliphatic heterocycles. The lowest BCUT2D eigenvalue weighted by Gasteiger charge is -2.10. The van der Waals surface area contributed by atoms with E-state index in [4.69, 9.17) is 11.6 Å². The first-order valence-corrected chi connectivity index (χ1v) is 6.98. The summed E-state index contributed by atoms with van der Waals surface area (Å²) < 4.78 is 1.00. The number of hydrogen-bond donors (Lipinski definition) is 1. The van der Waals surface area contributed by atoms with Crippen molar-refractivity contribution in [1.29, 1.82) is 0 Å². The van der Waals surface area contributed by atoms with Crippen molar-refractivity contribution in [2.24, 2.45) is 0 Å². The van der Waals surface area contributed by atoms with Gasteiger partial charge in [-0.15, -0.1) is 0 Å². The molecule has 2 rings (SSSR count). The molecule has 2 aromatic rings. The molecule has 0 atom stereocenters. The van der Waals surface area contributed by atoms with E-state index in [0.29, 0.717) is 0 Å². The topological polar surface area (TPSA) is 12.0 Å². The van der Waals surface area contributed by atoms with Crippen LogP contribution in [0.4, 0.5) is 5.69 Å². The number of nitrogens with one attached hydrogen (secondary N) is 1. The molecule has 1 N–H and O–H groups in total. The Morgan fingerprint density at radius 1 is 1.06 bits per heavy atom. The molecule has 0 aliphatic carbocycles. The van der Waals surface area contributed by atoms with Gasteiger partial charge >= 0.3 is 0 Å². The van der Waals surface area contributed by atoms with E-state index in [9.17, 15) is 0 Å². The molecule has 0 saturated heterocycles. The minimum atomic E-state index is 0.731. The van der Waals surface area contributed by atoms with Crippen molar-refractivity contribution in [1.82, 2.24) is 0 Å². The highest BCUT2D eigenvalue weighted by Gasteiger charge is 2.01. The molecule has 0 unspecified atom stereocenters. The van der Waals surface area contributed by atoms with E-state index in [2.05, 4.69) is 53.3 Å². The second kappa shape index (κ2) is 5.77. The Kier molecular flexibility index (Phi) is 4.31. The largest absolute Gasteiger partial charge is 0.381 e. The van der Waals surface area contributed by atoms with Gasteiger partial charge in [-0.3, -0.25) is 0 Å². The van der Waals surface area contributed by atoms with Gasteiger partial charge in [0.15, 0.2) is 0 Å². The monoisotopic (exact) mass is 323 g/mol. The Hall–Kier alpha value is -0.990. The van der Waals surface area contributed by atoms with Crippen molar-refractivity contribution in [3.63, 3.8) is 0 Å². The van der Waals surface area contributed by atoms with Crippen LogP contribution >= 0.6 is 27.5 Å². The van der Waals surface area contributed by atoms with Crippen LogP contribution in [0.2, 0.25) is 5.02 Å². The van der Waals surface area contributed by atoms with Crippen LogP contribution in [0.3, 0.4) is 0 Å². The highest BCUT2D eigenvalue weighted by molar-refractivity contribution is 9.10. The van der Waals surface area contributed by atoms with E-state index in [1.54, 1.807) is 0 Å². The van der Waals surface area contributed by atoms with E-state index in [1.165, 1.54) is 11.1 Å². The first-order chi connectivity index (χ1) is 8.56. The second-order valence-electron chi connectivity index (χ2n) is 4.39. The lowest BCUT2D eigenvalue weighted by Crippen LogP contribution is -2.00. The van der Waals surface area contributed by atoms with Crippen LogP contribution in [-0.4, -0.2) is 0 Å². The van der Waals surface area contributed by atoms with Crippen molar-refractivity contribution < 1.29 is 0 Å². The number of halogens is 2. The van der Waals surface area contributed by atoms with Gasteiger partial charge in [-0.2, -0.15) is 0 Å². The molecule has 0 bridgehead atoms. The Bertz CT molecular complexity index is 566. The summed E-state index contributed by atoms with van der Waals surface area (Å²) in [5, 5.41) is 4.17. The Labute approximate surface area is 121 Å². The van der Waals surface area contributed by atoms with Gasteiger partial charge < -0.3 is 5.32 Å². The van der Waals surface area contributed by atoms with Gasteiger partial charge in [0.2, 0.25) is 0 Å². The number of hydrogen-bond acceptors (Lipinski definition) is 1. The summed E-state index contributed by atoms with van der Waals surface area (Å²) in [5.74, 6) is 0.